The third-order valence-corrected chi connectivity index (χ3v) is 3.67. The number of hydrogen-bond acceptors (Lipinski definition) is 3. The Kier molecular flexibility index (Phi) is 4.34. The van der Waals surface area contributed by atoms with Crippen LogP contribution in [0.2, 0.25) is 0 Å². The lowest BCUT2D eigenvalue weighted by Crippen LogP contribution is -2.04. The van der Waals surface area contributed by atoms with E-state index in [2.05, 4.69) is 27.5 Å². The number of aromatic hydroxyl groups is 1. The number of aromatic nitrogens is 1. The van der Waals surface area contributed by atoms with E-state index in [4.69, 9.17) is 12.2 Å². The van der Waals surface area contributed by atoms with Gasteiger partial charge in [-0.25, -0.2) is 0 Å². The molecular weight excluding hydrogens is 308 g/mol. The van der Waals surface area contributed by atoms with Gasteiger partial charge >= 0.3 is 0 Å². The van der Waals surface area contributed by atoms with Gasteiger partial charge in [0, 0.05) is 11.1 Å². The molecule has 0 amide bonds. The molecule has 0 atom stereocenters. The second-order valence-corrected chi connectivity index (χ2v) is 5.44. The van der Waals surface area contributed by atoms with Gasteiger partial charge in [0.05, 0.1) is 5.52 Å². The van der Waals surface area contributed by atoms with Crippen LogP contribution in [0.25, 0.3) is 10.9 Å². The SMILES string of the molecule is CCc1ccc2[nH]c(O)c(N=NC(=S)Nc3ccccc3)c2c1. The molecule has 116 valence electrons. The van der Waals surface area contributed by atoms with E-state index in [0.717, 1.165) is 28.6 Å². The van der Waals surface area contributed by atoms with E-state index in [9.17, 15) is 5.11 Å². The highest BCUT2D eigenvalue weighted by atomic mass is 32.1. The van der Waals surface area contributed by atoms with Crippen molar-refractivity contribution in [2.75, 3.05) is 5.32 Å². The fraction of sp³-hybridized carbons (Fsp3) is 0.118. The van der Waals surface area contributed by atoms with Gasteiger partial charge in [-0.05, 0) is 48.5 Å². The maximum atomic E-state index is 10.0. The van der Waals surface area contributed by atoms with Gasteiger partial charge in [0.2, 0.25) is 11.0 Å². The molecule has 0 unspecified atom stereocenters. The summed E-state index contributed by atoms with van der Waals surface area (Å²) in [6.07, 6.45) is 0.909. The van der Waals surface area contributed by atoms with Crippen LogP contribution in [0.3, 0.4) is 0 Å². The number of hydrogen-bond donors (Lipinski definition) is 3. The number of nitrogens with one attached hydrogen (secondary N) is 2. The van der Waals surface area contributed by atoms with Gasteiger partial charge in [-0.2, -0.15) is 0 Å². The molecule has 0 aliphatic rings. The number of fused-ring (bicyclic) bond motifs is 1. The van der Waals surface area contributed by atoms with Crippen LogP contribution < -0.4 is 5.32 Å². The van der Waals surface area contributed by atoms with Gasteiger partial charge < -0.3 is 15.4 Å². The van der Waals surface area contributed by atoms with Crippen molar-refractivity contribution in [1.29, 1.82) is 0 Å². The Hall–Kier alpha value is -2.73. The van der Waals surface area contributed by atoms with Crippen LogP contribution in [0.4, 0.5) is 11.4 Å². The standard InChI is InChI=1S/C17H16N4OS/c1-2-11-8-9-14-13(10-11)15(16(22)19-14)20-21-17(23)18-12-6-4-3-5-7-12/h3-10,19,22H,2H2,1H3,(H,18,23). The Morgan fingerprint density at radius 2 is 2.00 bits per heavy atom. The molecule has 2 aromatic carbocycles. The molecule has 3 aromatic rings. The second kappa shape index (κ2) is 6.58. The van der Waals surface area contributed by atoms with Crippen LogP contribution in [0, 0.1) is 0 Å². The van der Waals surface area contributed by atoms with Crippen molar-refractivity contribution in [2.45, 2.75) is 13.3 Å². The molecule has 6 heteroatoms. The van der Waals surface area contributed by atoms with E-state index < -0.39 is 0 Å². The number of aryl methyl sites for hydroxylation is 1. The highest BCUT2D eigenvalue weighted by Gasteiger charge is 2.11. The number of H-pyrrole nitrogens is 1. The molecular formula is C17H16N4OS. The summed E-state index contributed by atoms with van der Waals surface area (Å²) in [5.74, 6) is -0.0143. The van der Waals surface area contributed by atoms with Crippen LogP contribution in [0.5, 0.6) is 5.88 Å². The smallest absolute Gasteiger partial charge is 0.218 e. The lowest BCUT2D eigenvalue weighted by atomic mass is 10.1. The maximum absolute atomic E-state index is 10.0. The number of para-hydroxylation sites is 1. The molecule has 5 nitrogen and oxygen atoms in total. The van der Waals surface area contributed by atoms with E-state index >= 15 is 0 Å². The Labute approximate surface area is 139 Å². The molecule has 1 aromatic heterocycles. The summed E-state index contributed by atoms with van der Waals surface area (Å²) in [5, 5.41) is 22.2. The topological polar surface area (TPSA) is 72.8 Å². The highest BCUT2D eigenvalue weighted by molar-refractivity contribution is 7.80. The van der Waals surface area contributed by atoms with Crippen molar-refractivity contribution in [3.63, 3.8) is 0 Å². The summed E-state index contributed by atoms with van der Waals surface area (Å²) in [7, 11) is 0. The van der Waals surface area contributed by atoms with Crippen LogP contribution >= 0.6 is 12.2 Å². The van der Waals surface area contributed by atoms with E-state index in [1.807, 2.05) is 48.5 Å². The lowest BCUT2D eigenvalue weighted by Gasteiger charge is -2.01. The van der Waals surface area contributed by atoms with Crippen molar-refractivity contribution < 1.29 is 5.11 Å². The molecule has 0 saturated heterocycles. The van der Waals surface area contributed by atoms with Gasteiger partial charge in [0.15, 0.2) is 5.69 Å². The molecule has 3 rings (SSSR count). The first kappa shape index (κ1) is 15.2. The molecule has 0 saturated carbocycles. The molecule has 0 fully saturated rings. The number of rotatable bonds is 3. The Balaban J connectivity index is 1.85. The molecule has 0 spiro atoms. The molecule has 3 N–H and O–H groups in total. The number of benzene rings is 2. The van der Waals surface area contributed by atoms with Crippen LogP contribution in [0.15, 0.2) is 58.8 Å². The summed E-state index contributed by atoms with van der Waals surface area (Å²) < 4.78 is 0. The first-order chi connectivity index (χ1) is 11.2. The minimum Gasteiger partial charge on any atom is -0.493 e. The average Bonchev–Trinajstić information content (AvgIpc) is 2.88. The predicted octanol–water partition coefficient (Wildman–Crippen LogP) is 4.92. The summed E-state index contributed by atoms with van der Waals surface area (Å²) in [5.41, 5.74) is 3.22. The van der Waals surface area contributed by atoms with Gasteiger partial charge in [-0.1, -0.05) is 31.2 Å². The zero-order valence-corrected chi connectivity index (χ0v) is 13.4. The van der Waals surface area contributed by atoms with Crippen molar-refractivity contribution in [2.24, 2.45) is 10.2 Å². The summed E-state index contributed by atoms with van der Waals surface area (Å²) >= 11 is 5.16. The van der Waals surface area contributed by atoms with Crippen LogP contribution in [0.1, 0.15) is 12.5 Å². The average molecular weight is 324 g/mol. The maximum Gasteiger partial charge on any atom is 0.218 e. The third kappa shape index (κ3) is 3.37. The normalized spacial score (nSPS) is 11.2. The largest absolute Gasteiger partial charge is 0.493 e. The molecule has 1 heterocycles. The first-order valence-electron chi connectivity index (χ1n) is 7.28. The molecule has 23 heavy (non-hydrogen) atoms. The first-order valence-corrected chi connectivity index (χ1v) is 7.69. The monoisotopic (exact) mass is 324 g/mol. The van der Waals surface area contributed by atoms with Crippen molar-refractivity contribution in [1.82, 2.24) is 4.98 Å². The summed E-state index contributed by atoms with van der Waals surface area (Å²) in [4.78, 5) is 2.89. The second-order valence-electron chi connectivity index (χ2n) is 5.05. The van der Waals surface area contributed by atoms with Crippen LogP contribution in [-0.2, 0) is 6.42 Å². The van der Waals surface area contributed by atoms with Gasteiger partial charge in [-0.3, -0.25) is 0 Å². The minimum absolute atomic E-state index is 0.0143. The van der Waals surface area contributed by atoms with Crippen molar-refractivity contribution in [3.05, 3.63) is 54.1 Å². The van der Waals surface area contributed by atoms with E-state index in [-0.39, 0.29) is 11.0 Å². The quantitative estimate of drug-likeness (QED) is 0.473. The number of aromatic amines is 1. The van der Waals surface area contributed by atoms with Gasteiger partial charge in [0.25, 0.3) is 0 Å². The zero-order valence-electron chi connectivity index (χ0n) is 12.6. The van der Waals surface area contributed by atoms with Crippen molar-refractivity contribution in [3.8, 4) is 5.88 Å². The molecule has 0 aliphatic heterocycles. The Bertz CT molecular complexity index is 871. The van der Waals surface area contributed by atoms with E-state index in [1.165, 1.54) is 0 Å². The number of azo groups is 1. The number of anilines is 1. The number of thiocarbonyl (C=S) groups is 1. The van der Waals surface area contributed by atoms with E-state index in [1.54, 1.807) is 0 Å². The predicted molar refractivity (Wildman–Crippen MR) is 96.5 cm³/mol. The van der Waals surface area contributed by atoms with Gasteiger partial charge in [0.1, 0.15) is 0 Å². The third-order valence-electron chi connectivity index (χ3n) is 3.49. The minimum atomic E-state index is -0.0143. The molecule has 0 radical (unpaired) electrons. The van der Waals surface area contributed by atoms with Gasteiger partial charge in [-0.15, -0.1) is 10.2 Å². The Morgan fingerprint density at radius 3 is 2.74 bits per heavy atom. The van der Waals surface area contributed by atoms with E-state index in [0.29, 0.717) is 5.69 Å². The number of nitrogens with zero attached hydrogens (tertiary/aromatic N) is 2. The molecule has 0 aliphatic carbocycles. The highest BCUT2D eigenvalue weighted by Crippen LogP contribution is 2.36. The fourth-order valence-electron chi connectivity index (χ4n) is 2.30. The zero-order chi connectivity index (χ0) is 16.2. The summed E-state index contributed by atoms with van der Waals surface area (Å²) in [6, 6.07) is 15.4. The fourth-order valence-corrected chi connectivity index (χ4v) is 2.46. The molecule has 0 bridgehead atoms. The van der Waals surface area contributed by atoms with Crippen molar-refractivity contribution >= 4 is 39.6 Å². The van der Waals surface area contributed by atoms with Crippen LogP contribution in [-0.4, -0.2) is 15.2 Å². The summed E-state index contributed by atoms with van der Waals surface area (Å²) in [6.45, 7) is 2.08. The lowest BCUT2D eigenvalue weighted by molar-refractivity contribution is 0.459. The Morgan fingerprint density at radius 1 is 1.22 bits per heavy atom.